The summed E-state index contributed by atoms with van der Waals surface area (Å²) in [4.78, 5) is 8.48. The van der Waals surface area contributed by atoms with Crippen LogP contribution in [-0.2, 0) is 5.88 Å². The van der Waals surface area contributed by atoms with E-state index in [2.05, 4.69) is 9.97 Å². The van der Waals surface area contributed by atoms with Crippen molar-refractivity contribution in [2.75, 3.05) is 0 Å². The Morgan fingerprint density at radius 1 is 1.38 bits per heavy atom. The van der Waals surface area contributed by atoms with Gasteiger partial charge in [0.25, 0.3) is 0 Å². The lowest BCUT2D eigenvalue weighted by molar-refractivity contribution is 0.602. The molecule has 3 nitrogen and oxygen atoms in total. The first-order valence-corrected chi connectivity index (χ1v) is 6.12. The molecule has 0 radical (unpaired) electrons. The lowest BCUT2D eigenvalue weighted by Crippen LogP contribution is -1.79. The molecule has 0 atom stereocenters. The number of halogens is 1. The summed E-state index contributed by atoms with van der Waals surface area (Å²) in [7, 11) is 0. The molecule has 16 heavy (non-hydrogen) atoms. The van der Waals surface area contributed by atoms with Crippen LogP contribution in [0.4, 0.5) is 0 Å². The second-order valence-electron chi connectivity index (χ2n) is 3.31. The van der Waals surface area contributed by atoms with Crippen LogP contribution in [0, 0.1) is 0 Å². The normalized spacial score (nSPS) is 11.1. The van der Waals surface area contributed by atoms with Crippen LogP contribution in [0.5, 0.6) is 0 Å². The highest BCUT2D eigenvalue weighted by Gasteiger charge is 2.06. The average molecular weight is 251 g/mol. The minimum atomic E-state index is 0.445. The molecule has 5 heteroatoms. The number of nitrogens with zero attached hydrogens (tertiary/aromatic N) is 2. The van der Waals surface area contributed by atoms with Crippen molar-refractivity contribution in [2.45, 2.75) is 5.88 Å². The monoisotopic (exact) mass is 250 g/mol. The predicted molar refractivity (Wildman–Crippen MR) is 64.7 cm³/mol. The van der Waals surface area contributed by atoms with Crippen LogP contribution in [0.2, 0.25) is 0 Å². The molecular weight excluding hydrogens is 244 g/mol. The first-order valence-electron chi connectivity index (χ1n) is 4.71. The zero-order chi connectivity index (χ0) is 11.0. The number of rotatable bonds is 2. The van der Waals surface area contributed by atoms with E-state index in [0.717, 1.165) is 27.4 Å². The number of benzene rings is 1. The maximum atomic E-state index is 5.72. The highest BCUT2D eigenvalue weighted by atomic mass is 35.5. The SMILES string of the molecule is ClCc1csc(-c2ccc3ncoc3c2)n1. The van der Waals surface area contributed by atoms with E-state index in [0.29, 0.717) is 5.88 Å². The minimum Gasteiger partial charge on any atom is -0.443 e. The third kappa shape index (κ3) is 1.60. The van der Waals surface area contributed by atoms with Crippen molar-refractivity contribution in [3.05, 3.63) is 35.7 Å². The van der Waals surface area contributed by atoms with Gasteiger partial charge < -0.3 is 4.42 Å². The van der Waals surface area contributed by atoms with Gasteiger partial charge in [-0.05, 0) is 18.2 Å². The van der Waals surface area contributed by atoms with Gasteiger partial charge in [0.05, 0.1) is 11.6 Å². The van der Waals surface area contributed by atoms with Gasteiger partial charge in [0.2, 0.25) is 0 Å². The predicted octanol–water partition coefficient (Wildman–Crippen LogP) is 3.69. The van der Waals surface area contributed by atoms with Gasteiger partial charge in [-0.15, -0.1) is 22.9 Å². The van der Waals surface area contributed by atoms with Crippen LogP contribution >= 0.6 is 22.9 Å². The molecule has 0 saturated carbocycles. The Bertz CT molecular complexity index is 631. The average Bonchev–Trinajstić information content (AvgIpc) is 2.96. The molecule has 0 unspecified atom stereocenters. The van der Waals surface area contributed by atoms with Crippen molar-refractivity contribution in [1.29, 1.82) is 0 Å². The summed E-state index contributed by atoms with van der Waals surface area (Å²) in [6.07, 6.45) is 1.44. The molecule has 2 heterocycles. The fourth-order valence-corrected chi connectivity index (χ4v) is 2.53. The number of oxazole rings is 1. The highest BCUT2D eigenvalue weighted by Crippen LogP contribution is 2.27. The Labute approximate surface area is 101 Å². The van der Waals surface area contributed by atoms with Gasteiger partial charge in [-0.1, -0.05) is 0 Å². The third-order valence-electron chi connectivity index (χ3n) is 2.27. The van der Waals surface area contributed by atoms with Crippen LogP contribution in [-0.4, -0.2) is 9.97 Å². The maximum Gasteiger partial charge on any atom is 0.181 e. The molecule has 0 bridgehead atoms. The smallest absolute Gasteiger partial charge is 0.181 e. The second kappa shape index (κ2) is 3.88. The number of thiazole rings is 1. The van der Waals surface area contributed by atoms with Crippen molar-refractivity contribution in [3.63, 3.8) is 0 Å². The van der Waals surface area contributed by atoms with E-state index in [4.69, 9.17) is 16.0 Å². The van der Waals surface area contributed by atoms with Crippen molar-refractivity contribution in [3.8, 4) is 10.6 Å². The van der Waals surface area contributed by atoms with Gasteiger partial charge in [0, 0.05) is 10.9 Å². The van der Waals surface area contributed by atoms with Gasteiger partial charge in [-0.2, -0.15) is 0 Å². The fourth-order valence-electron chi connectivity index (χ4n) is 1.49. The number of hydrogen-bond donors (Lipinski definition) is 0. The molecule has 2 aromatic heterocycles. The molecule has 80 valence electrons. The Hall–Kier alpha value is -1.39. The maximum absolute atomic E-state index is 5.72. The van der Waals surface area contributed by atoms with Crippen LogP contribution in [0.25, 0.3) is 21.7 Å². The Kier molecular flexibility index (Phi) is 2.38. The van der Waals surface area contributed by atoms with E-state index >= 15 is 0 Å². The fraction of sp³-hybridized carbons (Fsp3) is 0.0909. The summed E-state index contributed by atoms with van der Waals surface area (Å²) >= 11 is 7.30. The summed E-state index contributed by atoms with van der Waals surface area (Å²) in [5.74, 6) is 0.445. The molecule has 0 spiro atoms. The number of hydrogen-bond acceptors (Lipinski definition) is 4. The number of aromatic nitrogens is 2. The highest BCUT2D eigenvalue weighted by molar-refractivity contribution is 7.13. The zero-order valence-electron chi connectivity index (χ0n) is 8.18. The largest absolute Gasteiger partial charge is 0.443 e. The summed E-state index contributed by atoms with van der Waals surface area (Å²) in [5.41, 5.74) is 3.57. The topological polar surface area (TPSA) is 38.9 Å². The Morgan fingerprint density at radius 3 is 3.12 bits per heavy atom. The molecule has 0 saturated heterocycles. The van der Waals surface area contributed by atoms with Gasteiger partial charge in [0.15, 0.2) is 12.0 Å². The van der Waals surface area contributed by atoms with Gasteiger partial charge in [-0.25, -0.2) is 9.97 Å². The molecular formula is C11H7ClN2OS. The molecule has 0 aliphatic heterocycles. The lowest BCUT2D eigenvalue weighted by atomic mass is 10.2. The number of fused-ring (bicyclic) bond motifs is 1. The molecule has 0 aliphatic rings. The van der Waals surface area contributed by atoms with Crippen LogP contribution in [0.3, 0.4) is 0 Å². The van der Waals surface area contributed by atoms with E-state index in [9.17, 15) is 0 Å². The van der Waals surface area contributed by atoms with E-state index in [1.807, 2.05) is 23.6 Å². The molecule has 0 amide bonds. The van der Waals surface area contributed by atoms with E-state index < -0.39 is 0 Å². The van der Waals surface area contributed by atoms with Crippen molar-refractivity contribution in [1.82, 2.24) is 9.97 Å². The summed E-state index contributed by atoms with van der Waals surface area (Å²) in [6.45, 7) is 0. The van der Waals surface area contributed by atoms with E-state index in [1.54, 1.807) is 11.3 Å². The first kappa shape index (κ1) is 9.81. The third-order valence-corrected chi connectivity index (χ3v) is 3.48. The van der Waals surface area contributed by atoms with Crippen LogP contribution in [0.1, 0.15) is 5.69 Å². The molecule has 0 aliphatic carbocycles. The second-order valence-corrected chi connectivity index (χ2v) is 4.44. The van der Waals surface area contributed by atoms with Crippen molar-refractivity contribution in [2.24, 2.45) is 0 Å². The van der Waals surface area contributed by atoms with Crippen LogP contribution < -0.4 is 0 Å². The Morgan fingerprint density at radius 2 is 2.31 bits per heavy atom. The molecule has 3 rings (SSSR count). The summed E-state index contributed by atoms with van der Waals surface area (Å²) in [6, 6.07) is 5.86. The molecule has 0 N–H and O–H groups in total. The van der Waals surface area contributed by atoms with Crippen molar-refractivity contribution >= 4 is 34.0 Å². The van der Waals surface area contributed by atoms with Gasteiger partial charge in [0.1, 0.15) is 10.5 Å². The molecule has 3 aromatic rings. The van der Waals surface area contributed by atoms with Crippen molar-refractivity contribution < 1.29 is 4.42 Å². The quantitative estimate of drug-likeness (QED) is 0.651. The summed E-state index contributed by atoms with van der Waals surface area (Å²) in [5, 5.41) is 2.92. The van der Waals surface area contributed by atoms with Gasteiger partial charge in [-0.3, -0.25) is 0 Å². The standard InChI is InChI=1S/C11H7ClN2OS/c12-4-8-5-16-11(14-8)7-1-2-9-10(3-7)15-6-13-9/h1-3,5-6H,4H2. The number of alkyl halides is 1. The molecule has 0 fully saturated rings. The Balaban J connectivity index is 2.10. The first-order chi connectivity index (χ1) is 7.86. The van der Waals surface area contributed by atoms with Gasteiger partial charge >= 0.3 is 0 Å². The van der Waals surface area contributed by atoms with Crippen LogP contribution in [0.15, 0.2) is 34.4 Å². The molecule has 1 aromatic carbocycles. The zero-order valence-corrected chi connectivity index (χ0v) is 9.76. The van der Waals surface area contributed by atoms with E-state index in [1.165, 1.54) is 6.39 Å². The van der Waals surface area contributed by atoms with E-state index in [-0.39, 0.29) is 0 Å². The lowest BCUT2D eigenvalue weighted by Gasteiger charge is -1.94. The summed E-state index contributed by atoms with van der Waals surface area (Å²) < 4.78 is 5.25. The minimum absolute atomic E-state index is 0.445.